The molecule has 156 valence electrons. The number of alkyl halides is 3. The average Bonchev–Trinajstić information content (AvgIpc) is 3.16. The molecule has 1 fully saturated rings. The van der Waals surface area contributed by atoms with Crippen LogP contribution in [0, 0.1) is 5.82 Å². The predicted molar refractivity (Wildman–Crippen MR) is 98.4 cm³/mol. The lowest BCUT2D eigenvalue weighted by Gasteiger charge is -2.25. The van der Waals surface area contributed by atoms with Crippen molar-refractivity contribution < 1.29 is 30.8 Å². The number of carbonyl (C=O) groups is 1. The maximum Gasteiger partial charge on any atom is 0.417 e. The molecule has 0 spiro atoms. The summed E-state index contributed by atoms with van der Waals surface area (Å²) in [7, 11) is -4.62. The van der Waals surface area contributed by atoms with Crippen molar-refractivity contribution >= 4 is 33.2 Å². The molecule has 3 rings (SSSR count). The fourth-order valence-corrected chi connectivity index (χ4v) is 5.20. The van der Waals surface area contributed by atoms with Gasteiger partial charge in [0.1, 0.15) is 6.04 Å². The summed E-state index contributed by atoms with van der Waals surface area (Å²) >= 11 is 5.66. The molecule has 0 aliphatic carbocycles. The first-order valence-electron chi connectivity index (χ1n) is 8.46. The summed E-state index contributed by atoms with van der Waals surface area (Å²) in [5, 5.41) is 2.03. The smallest absolute Gasteiger partial charge is 0.322 e. The van der Waals surface area contributed by atoms with Crippen molar-refractivity contribution in [2.75, 3.05) is 11.9 Å². The monoisotopic (exact) mass is 450 g/mol. The molecular formula is C18H15ClF4N2O3S. The zero-order valence-electron chi connectivity index (χ0n) is 14.7. The van der Waals surface area contributed by atoms with E-state index in [0.29, 0.717) is 6.07 Å². The first kappa shape index (κ1) is 21.5. The van der Waals surface area contributed by atoms with Crippen LogP contribution in [0.15, 0.2) is 47.4 Å². The Morgan fingerprint density at radius 3 is 2.52 bits per heavy atom. The van der Waals surface area contributed by atoms with Gasteiger partial charge in [0.2, 0.25) is 15.9 Å². The van der Waals surface area contributed by atoms with Crippen LogP contribution in [0.2, 0.25) is 5.02 Å². The third kappa shape index (κ3) is 4.24. The van der Waals surface area contributed by atoms with Crippen LogP contribution in [0.5, 0.6) is 0 Å². The van der Waals surface area contributed by atoms with Gasteiger partial charge >= 0.3 is 6.18 Å². The second-order valence-electron chi connectivity index (χ2n) is 6.36. The van der Waals surface area contributed by atoms with Crippen LogP contribution in [-0.4, -0.2) is 31.2 Å². The number of amides is 1. The van der Waals surface area contributed by atoms with Gasteiger partial charge in [0.15, 0.2) is 5.82 Å². The second kappa shape index (κ2) is 7.92. The quantitative estimate of drug-likeness (QED) is 0.707. The van der Waals surface area contributed by atoms with Crippen molar-refractivity contribution in [3.05, 3.63) is 58.9 Å². The van der Waals surface area contributed by atoms with Crippen LogP contribution in [0.4, 0.5) is 23.2 Å². The van der Waals surface area contributed by atoms with E-state index >= 15 is 0 Å². The van der Waals surface area contributed by atoms with Gasteiger partial charge in [-0.05, 0) is 37.1 Å². The molecule has 1 aliphatic heterocycles. The first-order chi connectivity index (χ1) is 13.5. The zero-order valence-corrected chi connectivity index (χ0v) is 16.3. The normalized spacial score (nSPS) is 18.0. The molecule has 29 heavy (non-hydrogen) atoms. The molecule has 0 aromatic heterocycles. The third-order valence-electron chi connectivity index (χ3n) is 4.49. The van der Waals surface area contributed by atoms with E-state index in [1.807, 2.05) is 0 Å². The second-order valence-corrected chi connectivity index (χ2v) is 8.62. The van der Waals surface area contributed by atoms with Gasteiger partial charge in [0.05, 0.1) is 21.2 Å². The van der Waals surface area contributed by atoms with Crippen LogP contribution in [0.25, 0.3) is 0 Å². The summed E-state index contributed by atoms with van der Waals surface area (Å²) in [6.45, 7) is -0.134. The topological polar surface area (TPSA) is 66.5 Å². The highest BCUT2D eigenvalue weighted by atomic mass is 35.5. The number of benzene rings is 2. The lowest BCUT2D eigenvalue weighted by atomic mass is 10.2. The van der Waals surface area contributed by atoms with Crippen molar-refractivity contribution in [1.82, 2.24) is 4.31 Å². The van der Waals surface area contributed by atoms with E-state index in [2.05, 4.69) is 5.32 Å². The van der Waals surface area contributed by atoms with Crippen LogP contribution in [0.3, 0.4) is 0 Å². The Morgan fingerprint density at radius 1 is 1.14 bits per heavy atom. The summed E-state index contributed by atoms with van der Waals surface area (Å²) in [5.74, 6) is -1.74. The van der Waals surface area contributed by atoms with Gasteiger partial charge in [-0.15, -0.1) is 0 Å². The largest absolute Gasteiger partial charge is 0.417 e. The number of halogens is 5. The molecule has 0 radical (unpaired) electrons. The molecule has 2 aromatic rings. The molecule has 1 amide bonds. The number of hydrogen-bond acceptors (Lipinski definition) is 3. The summed E-state index contributed by atoms with van der Waals surface area (Å²) in [6, 6.07) is 6.40. The molecule has 1 heterocycles. The van der Waals surface area contributed by atoms with E-state index in [1.165, 1.54) is 24.3 Å². The standard InChI is InChI=1S/C18H15ClF4N2O3S/c19-12-6-3-7-13(16(12)20)24-17(26)14-8-4-10-25(14)29(27,28)15-9-2-1-5-11(15)18(21,22)23/h1-3,5-7,9,14H,4,8,10H2,(H,24,26)/t14-/m1/s1. The van der Waals surface area contributed by atoms with Crippen molar-refractivity contribution in [3.8, 4) is 0 Å². The van der Waals surface area contributed by atoms with Crippen molar-refractivity contribution in [2.45, 2.75) is 30.0 Å². The van der Waals surface area contributed by atoms with E-state index < -0.39 is 44.4 Å². The van der Waals surface area contributed by atoms with Crippen LogP contribution < -0.4 is 5.32 Å². The number of nitrogens with one attached hydrogen (secondary N) is 1. The Labute approximate surface area is 169 Å². The fourth-order valence-electron chi connectivity index (χ4n) is 3.16. The van der Waals surface area contributed by atoms with E-state index in [0.717, 1.165) is 16.4 Å². The Bertz CT molecular complexity index is 1040. The van der Waals surface area contributed by atoms with E-state index in [4.69, 9.17) is 11.6 Å². The summed E-state index contributed by atoms with van der Waals surface area (Å²) < 4.78 is 80.4. The van der Waals surface area contributed by atoms with Crippen molar-refractivity contribution in [2.24, 2.45) is 0 Å². The van der Waals surface area contributed by atoms with Gasteiger partial charge in [-0.2, -0.15) is 17.5 Å². The molecule has 11 heteroatoms. The maximum atomic E-state index is 14.0. The minimum Gasteiger partial charge on any atom is -0.322 e. The molecule has 2 aromatic carbocycles. The summed E-state index contributed by atoms with van der Waals surface area (Å²) in [6.07, 6.45) is -4.53. The highest BCUT2D eigenvalue weighted by molar-refractivity contribution is 7.89. The minimum atomic E-state index is -4.88. The van der Waals surface area contributed by atoms with E-state index in [-0.39, 0.29) is 30.1 Å². The molecule has 1 aliphatic rings. The first-order valence-corrected chi connectivity index (χ1v) is 10.3. The number of nitrogens with zero attached hydrogens (tertiary/aromatic N) is 1. The summed E-state index contributed by atoms with van der Waals surface area (Å²) in [5.41, 5.74) is -1.56. The molecule has 0 bridgehead atoms. The van der Waals surface area contributed by atoms with Crippen LogP contribution >= 0.6 is 11.6 Å². The molecule has 1 atom stereocenters. The van der Waals surface area contributed by atoms with Crippen LogP contribution in [0.1, 0.15) is 18.4 Å². The number of rotatable bonds is 4. The van der Waals surface area contributed by atoms with E-state index in [9.17, 15) is 30.8 Å². The SMILES string of the molecule is O=C(Nc1cccc(Cl)c1F)[C@H]1CCCN1S(=O)(=O)c1ccccc1C(F)(F)F. The lowest BCUT2D eigenvalue weighted by Crippen LogP contribution is -2.43. The fraction of sp³-hybridized carbons (Fsp3) is 0.278. The predicted octanol–water partition coefficient (Wildman–Crippen LogP) is 4.29. The van der Waals surface area contributed by atoms with Gasteiger partial charge in [0, 0.05) is 6.54 Å². The van der Waals surface area contributed by atoms with Gasteiger partial charge in [-0.3, -0.25) is 4.79 Å². The number of anilines is 1. The number of hydrogen-bond donors (Lipinski definition) is 1. The molecule has 5 nitrogen and oxygen atoms in total. The van der Waals surface area contributed by atoms with Crippen molar-refractivity contribution in [3.63, 3.8) is 0 Å². The van der Waals surface area contributed by atoms with Gasteiger partial charge in [0.25, 0.3) is 0 Å². The summed E-state index contributed by atoms with van der Waals surface area (Å²) in [4.78, 5) is 11.7. The Balaban J connectivity index is 1.93. The molecular weight excluding hydrogens is 436 g/mol. The Kier molecular flexibility index (Phi) is 5.88. The Hall–Kier alpha value is -2.17. The molecule has 0 saturated carbocycles. The molecule has 1 saturated heterocycles. The highest BCUT2D eigenvalue weighted by Gasteiger charge is 2.44. The minimum absolute atomic E-state index is 0.0848. The zero-order chi connectivity index (χ0) is 21.4. The average molecular weight is 451 g/mol. The van der Waals surface area contributed by atoms with Gasteiger partial charge < -0.3 is 5.32 Å². The van der Waals surface area contributed by atoms with Crippen LogP contribution in [-0.2, 0) is 21.0 Å². The van der Waals surface area contributed by atoms with Gasteiger partial charge in [-0.1, -0.05) is 29.8 Å². The van der Waals surface area contributed by atoms with Crippen molar-refractivity contribution in [1.29, 1.82) is 0 Å². The van der Waals surface area contributed by atoms with E-state index in [1.54, 1.807) is 0 Å². The third-order valence-corrected chi connectivity index (χ3v) is 6.75. The van der Waals surface area contributed by atoms with Gasteiger partial charge in [-0.25, -0.2) is 12.8 Å². The Morgan fingerprint density at radius 2 is 1.83 bits per heavy atom. The molecule has 1 N–H and O–H groups in total. The maximum absolute atomic E-state index is 14.0. The molecule has 0 unspecified atom stereocenters. The number of carbonyl (C=O) groups excluding carboxylic acids is 1. The lowest BCUT2D eigenvalue weighted by molar-refractivity contribution is -0.139. The highest BCUT2D eigenvalue weighted by Crippen LogP contribution is 2.37. The number of sulfonamides is 1.